The van der Waals surface area contributed by atoms with Crippen LogP contribution in [0.1, 0.15) is 297 Å². The number of carbonyl (C=O) groups excluding carboxylic acids is 3. The first-order chi connectivity index (χ1) is 30.5. The molecule has 0 N–H and O–H groups in total. The Morgan fingerprint density at radius 1 is 0.323 bits per heavy atom. The highest BCUT2D eigenvalue weighted by Gasteiger charge is 2.19. The molecule has 0 aliphatic carbocycles. The van der Waals surface area contributed by atoms with Crippen LogP contribution in [-0.2, 0) is 28.6 Å². The Labute approximate surface area is 385 Å². The summed E-state index contributed by atoms with van der Waals surface area (Å²) in [5, 5.41) is 0. The van der Waals surface area contributed by atoms with Crippen LogP contribution in [0.2, 0.25) is 0 Å². The number of allylic oxidation sites excluding steroid dienone is 4. The molecule has 0 amide bonds. The van der Waals surface area contributed by atoms with E-state index < -0.39 is 6.10 Å². The minimum Gasteiger partial charge on any atom is -0.462 e. The molecule has 1 atom stereocenters. The molecular formula is C56H104O6. The molecule has 6 heteroatoms. The predicted octanol–water partition coefficient (Wildman–Crippen LogP) is 17.9. The Bertz CT molecular complexity index is 1000. The smallest absolute Gasteiger partial charge is 0.306 e. The minimum atomic E-state index is -0.766. The van der Waals surface area contributed by atoms with Crippen molar-refractivity contribution in [1.29, 1.82) is 0 Å². The maximum absolute atomic E-state index is 12.8. The van der Waals surface area contributed by atoms with Crippen LogP contribution in [0, 0.1) is 0 Å². The van der Waals surface area contributed by atoms with Crippen molar-refractivity contribution in [2.45, 2.75) is 303 Å². The quantitative estimate of drug-likeness (QED) is 0.0262. The van der Waals surface area contributed by atoms with Gasteiger partial charge in [0, 0.05) is 19.3 Å². The normalized spacial score (nSPS) is 12.1. The minimum absolute atomic E-state index is 0.0672. The van der Waals surface area contributed by atoms with E-state index in [-0.39, 0.29) is 31.1 Å². The van der Waals surface area contributed by atoms with Gasteiger partial charge >= 0.3 is 17.9 Å². The van der Waals surface area contributed by atoms with E-state index in [1.165, 1.54) is 193 Å². The number of ether oxygens (including phenoxy) is 3. The third kappa shape index (κ3) is 48.9. The average Bonchev–Trinajstić information content (AvgIpc) is 3.27. The number of unbranched alkanes of at least 4 members (excludes halogenated alkanes) is 35. The first kappa shape index (κ1) is 59.9. The average molecular weight is 873 g/mol. The second-order valence-electron chi connectivity index (χ2n) is 18.5. The number of hydrogen-bond donors (Lipinski definition) is 0. The van der Waals surface area contributed by atoms with Gasteiger partial charge in [0.05, 0.1) is 0 Å². The summed E-state index contributed by atoms with van der Waals surface area (Å²) in [7, 11) is 0. The van der Waals surface area contributed by atoms with Crippen LogP contribution in [-0.4, -0.2) is 37.2 Å². The molecule has 0 saturated carbocycles. The second kappa shape index (κ2) is 51.5. The number of carbonyl (C=O) groups is 3. The standard InChI is InChI=1S/C56H104O6/c1-4-7-10-13-16-19-22-25-26-27-28-29-30-32-34-37-40-43-46-49-55(58)61-52-53(51-60-54(57)48-45-42-39-36-33-24-21-18-15-12-9-6-3)62-56(59)50-47-44-41-38-35-31-23-20-17-14-11-8-5-2/h16,19,25-26,53H,4-15,17-18,20-24,27-52H2,1-3H3/b19-16-,26-25-. The van der Waals surface area contributed by atoms with Crippen molar-refractivity contribution in [3.63, 3.8) is 0 Å². The summed E-state index contributed by atoms with van der Waals surface area (Å²) >= 11 is 0. The SMILES string of the molecule is CCCCC/C=C\C/C=C\CCCCCCCCCCCC(=O)OCC(COC(=O)CCCCCCCCCCCCCC)OC(=O)CCCCCCCCCCCCCCC. The lowest BCUT2D eigenvalue weighted by atomic mass is 10.0. The molecule has 364 valence electrons. The van der Waals surface area contributed by atoms with Crippen LogP contribution >= 0.6 is 0 Å². The second-order valence-corrected chi connectivity index (χ2v) is 18.5. The molecule has 62 heavy (non-hydrogen) atoms. The Kier molecular flexibility index (Phi) is 49.8. The molecule has 0 aromatic heterocycles. The first-order valence-electron chi connectivity index (χ1n) is 27.3. The van der Waals surface area contributed by atoms with Gasteiger partial charge in [0.15, 0.2) is 6.10 Å². The van der Waals surface area contributed by atoms with Crippen molar-refractivity contribution in [1.82, 2.24) is 0 Å². The molecule has 0 aliphatic rings. The van der Waals surface area contributed by atoms with Crippen molar-refractivity contribution in [2.24, 2.45) is 0 Å². The molecule has 6 nitrogen and oxygen atoms in total. The summed E-state index contributed by atoms with van der Waals surface area (Å²) in [6.45, 7) is 6.64. The molecule has 0 spiro atoms. The van der Waals surface area contributed by atoms with E-state index in [2.05, 4.69) is 45.1 Å². The Morgan fingerprint density at radius 2 is 0.581 bits per heavy atom. The van der Waals surface area contributed by atoms with Gasteiger partial charge in [0.2, 0.25) is 0 Å². The van der Waals surface area contributed by atoms with Gasteiger partial charge in [-0.05, 0) is 51.4 Å². The van der Waals surface area contributed by atoms with Gasteiger partial charge in [-0.25, -0.2) is 0 Å². The third-order valence-electron chi connectivity index (χ3n) is 12.2. The zero-order valence-electron chi connectivity index (χ0n) is 41.7. The topological polar surface area (TPSA) is 78.9 Å². The Balaban J connectivity index is 4.29. The fourth-order valence-electron chi connectivity index (χ4n) is 8.06. The predicted molar refractivity (Wildman–Crippen MR) is 266 cm³/mol. The Morgan fingerprint density at radius 3 is 0.919 bits per heavy atom. The number of rotatable bonds is 50. The molecule has 0 aromatic carbocycles. The van der Waals surface area contributed by atoms with Crippen molar-refractivity contribution in [2.75, 3.05) is 13.2 Å². The van der Waals surface area contributed by atoms with Gasteiger partial charge in [0.1, 0.15) is 13.2 Å². The van der Waals surface area contributed by atoms with Crippen molar-refractivity contribution in [3.8, 4) is 0 Å². The third-order valence-corrected chi connectivity index (χ3v) is 12.2. The van der Waals surface area contributed by atoms with Crippen LogP contribution in [0.15, 0.2) is 24.3 Å². The van der Waals surface area contributed by atoms with Crippen LogP contribution in [0.5, 0.6) is 0 Å². The zero-order valence-corrected chi connectivity index (χ0v) is 41.7. The molecule has 0 heterocycles. The lowest BCUT2D eigenvalue weighted by Crippen LogP contribution is -2.30. The van der Waals surface area contributed by atoms with E-state index in [0.717, 1.165) is 64.2 Å². The highest BCUT2D eigenvalue weighted by atomic mass is 16.6. The molecule has 0 saturated heterocycles. The van der Waals surface area contributed by atoms with Crippen molar-refractivity contribution < 1.29 is 28.6 Å². The molecule has 0 rings (SSSR count). The van der Waals surface area contributed by atoms with Gasteiger partial charge in [-0.3, -0.25) is 14.4 Å². The highest BCUT2D eigenvalue weighted by Crippen LogP contribution is 2.16. The largest absolute Gasteiger partial charge is 0.462 e. The van der Waals surface area contributed by atoms with Gasteiger partial charge in [-0.15, -0.1) is 0 Å². The van der Waals surface area contributed by atoms with Gasteiger partial charge in [0.25, 0.3) is 0 Å². The summed E-state index contributed by atoms with van der Waals surface area (Å²) in [4.78, 5) is 38.0. The van der Waals surface area contributed by atoms with E-state index in [9.17, 15) is 14.4 Å². The molecule has 0 fully saturated rings. The zero-order chi connectivity index (χ0) is 45.1. The summed E-state index contributed by atoms with van der Waals surface area (Å²) in [5.41, 5.74) is 0. The Hall–Kier alpha value is -2.11. The van der Waals surface area contributed by atoms with E-state index in [1.54, 1.807) is 0 Å². The van der Waals surface area contributed by atoms with Gasteiger partial charge in [-0.1, -0.05) is 251 Å². The highest BCUT2D eigenvalue weighted by molar-refractivity contribution is 5.71. The summed E-state index contributed by atoms with van der Waals surface area (Å²) in [6, 6.07) is 0. The van der Waals surface area contributed by atoms with Gasteiger partial charge in [-0.2, -0.15) is 0 Å². The van der Waals surface area contributed by atoms with Crippen LogP contribution in [0.3, 0.4) is 0 Å². The van der Waals surface area contributed by atoms with Crippen LogP contribution in [0.25, 0.3) is 0 Å². The fourth-order valence-corrected chi connectivity index (χ4v) is 8.06. The first-order valence-corrected chi connectivity index (χ1v) is 27.3. The van der Waals surface area contributed by atoms with Crippen molar-refractivity contribution in [3.05, 3.63) is 24.3 Å². The maximum Gasteiger partial charge on any atom is 0.306 e. The van der Waals surface area contributed by atoms with Crippen LogP contribution < -0.4 is 0 Å². The molecule has 1 unspecified atom stereocenters. The lowest BCUT2D eigenvalue weighted by Gasteiger charge is -2.18. The maximum atomic E-state index is 12.8. The van der Waals surface area contributed by atoms with E-state index in [1.807, 2.05) is 0 Å². The van der Waals surface area contributed by atoms with E-state index >= 15 is 0 Å². The van der Waals surface area contributed by atoms with Gasteiger partial charge < -0.3 is 14.2 Å². The lowest BCUT2D eigenvalue weighted by molar-refractivity contribution is -0.167. The molecule has 0 aromatic rings. The summed E-state index contributed by atoms with van der Waals surface area (Å²) < 4.78 is 16.8. The molecular weight excluding hydrogens is 769 g/mol. The van der Waals surface area contributed by atoms with Crippen LogP contribution in [0.4, 0.5) is 0 Å². The molecule has 0 radical (unpaired) electrons. The van der Waals surface area contributed by atoms with E-state index in [0.29, 0.717) is 19.3 Å². The molecule has 0 aliphatic heterocycles. The fraction of sp³-hybridized carbons (Fsp3) is 0.875. The van der Waals surface area contributed by atoms with Crippen molar-refractivity contribution >= 4 is 17.9 Å². The monoisotopic (exact) mass is 873 g/mol. The number of hydrogen-bond acceptors (Lipinski definition) is 6. The number of esters is 3. The summed E-state index contributed by atoms with van der Waals surface area (Å²) in [6.07, 6.45) is 58.7. The van der Waals surface area contributed by atoms with E-state index in [4.69, 9.17) is 14.2 Å². The molecule has 0 bridgehead atoms. The summed E-state index contributed by atoms with van der Waals surface area (Å²) in [5.74, 6) is -0.855.